The zero-order valence-electron chi connectivity index (χ0n) is 18.1. The maximum absolute atomic E-state index is 5.46. The van der Waals surface area contributed by atoms with Gasteiger partial charge in [-0.3, -0.25) is 0 Å². The smallest absolute Gasteiger partial charge is 0.107 e. The minimum absolute atomic E-state index is 0.186. The van der Waals surface area contributed by atoms with Crippen LogP contribution in [0.25, 0.3) is 0 Å². The molecule has 0 fully saturated rings. The van der Waals surface area contributed by atoms with Gasteiger partial charge in [-0.15, -0.1) is 0 Å². The van der Waals surface area contributed by atoms with Crippen molar-refractivity contribution in [2.24, 2.45) is 0 Å². The van der Waals surface area contributed by atoms with E-state index >= 15 is 0 Å². The lowest BCUT2D eigenvalue weighted by Gasteiger charge is -2.11. The van der Waals surface area contributed by atoms with Crippen molar-refractivity contribution in [2.45, 2.75) is 123 Å². The van der Waals surface area contributed by atoms with E-state index < -0.39 is 0 Å². The highest BCUT2D eigenvalue weighted by Gasteiger charge is 2.03. The SMILES string of the molecule is CCCCCCCCCCCCCCCCC(C)OOCc1ccccc1. The van der Waals surface area contributed by atoms with Crippen molar-refractivity contribution in [3.63, 3.8) is 0 Å². The number of hydrogen-bond donors (Lipinski definition) is 0. The van der Waals surface area contributed by atoms with E-state index in [9.17, 15) is 0 Å². The van der Waals surface area contributed by atoms with Crippen LogP contribution in [0.2, 0.25) is 0 Å². The van der Waals surface area contributed by atoms with Crippen molar-refractivity contribution >= 4 is 0 Å². The van der Waals surface area contributed by atoms with Crippen LogP contribution in [0.1, 0.15) is 116 Å². The summed E-state index contributed by atoms with van der Waals surface area (Å²) in [6, 6.07) is 10.2. The zero-order chi connectivity index (χ0) is 19.4. The fraction of sp³-hybridized carbons (Fsp3) is 0.760. The largest absolute Gasteiger partial charge is 0.233 e. The Morgan fingerprint density at radius 1 is 0.667 bits per heavy atom. The average Bonchev–Trinajstić information content (AvgIpc) is 2.69. The summed E-state index contributed by atoms with van der Waals surface area (Å²) in [5.41, 5.74) is 1.15. The van der Waals surface area contributed by atoms with E-state index in [0.29, 0.717) is 6.61 Å². The fourth-order valence-corrected chi connectivity index (χ4v) is 3.47. The average molecular weight is 377 g/mol. The molecule has 2 nitrogen and oxygen atoms in total. The van der Waals surface area contributed by atoms with Gasteiger partial charge in [0.15, 0.2) is 0 Å². The van der Waals surface area contributed by atoms with Crippen LogP contribution in [0, 0.1) is 0 Å². The van der Waals surface area contributed by atoms with Gasteiger partial charge in [-0.2, -0.15) is 0 Å². The summed E-state index contributed by atoms with van der Waals surface area (Å²) >= 11 is 0. The van der Waals surface area contributed by atoms with Crippen LogP contribution >= 0.6 is 0 Å². The maximum atomic E-state index is 5.46. The summed E-state index contributed by atoms with van der Waals surface area (Å²) in [6.07, 6.45) is 20.9. The number of hydrogen-bond acceptors (Lipinski definition) is 2. The first-order valence-corrected chi connectivity index (χ1v) is 11.6. The van der Waals surface area contributed by atoms with Gasteiger partial charge in [-0.1, -0.05) is 127 Å². The molecule has 0 N–H and O–H groups in total. The minimum Gasteiger partial charge on any atom is -0.233 e. The van der Waals surface area contributed by atoms with E-state index in [0.717, 1.165) is 12.0 Å². The Morgan fingerprint density at radius 3 is 1.67 bits per heavy atom. The van der Waals surface area contributed by atoms with Gasteiger partial charge in [0.1, 0.15) is 6.61 Å². The molecular formula is C25H44O2. The van der Waals surface area contributed by atoms with Gasteiger partial charge < -0.3 is 0 Å². The molecule has 0 aliphatic rings. The third-order valence-corrected chi connectivity index (χ3v) is 5.26. The van der Waals surface area contributed by atoms with Crippen molar-refractivity contribution < 1.29 is 9.78 Å². The molecule has 0 amide bonds. The van der Waals surface area contributed by atoms with Crippen molar-refractivity contribution in [3.05, 3.63) is 35.9 Å². The summed E-state index contributed by atoms with van der Waals surface area (Å²) < 4.78 is 0. The summed E-state index contributed by atoms with van der Waals surface area (Å²) in [4.78, 5) is 10.8. The van der Waals surface area contributed by atoms with Crippen LogP contribution in [0.15, 0.2) is 30.3 Å². The second kappa shape index (κ2) is 18.5. The molecule has 1 aromatic carbocycles. The second-order valence-corrected chi connectivity index (χ2v) is 8.04. The molecule has 0 aliphatic heterocycles. The quantitative estimate of drug-likeness (QED) is 0.137. The summed E-state index contributed by atoms with van der Waals surface area (Å²) in [5, 5.41) is 0. The molecule has 27 heavy (non-hydrogen) atoms. The van der Waals surface area contributed by atoms with E-state index in [1.807, 2.05) is 18.2 Å². The molecule has 1 atom stereocenters. The molecule has 0 aliphatic carbocycles. The van der Waals surface area contributed by atoms with Crippen molar-refractivity contribution in [2.75, 3.05) is 0 Å². The van der Waals surface area contributed by atoms with Gasteiger partial charge in [0.05, 0.1) is 6.10 Å². The molecule has 0 heterocycles. The first-order valence-electron chi connectivity index (χ1n) is 11.6. The third-order valence-electron chi connectivity index (χ3n) is 5.26. The van der Waals surface area contributed by atoms with E-state index in [4.69, 9.17) is 9.78 Å². The first-order chi connectivity index (χ1) is 13.3. The number of unbranched alkanes of at least 4 members (excludes halogenated alkanes) is 13. The standard InChI is InChI=1S/C25H44O2/c1-3-4-5-6-7-8-9-10-11-12-13-14-15-17-20-24(2)27-26-23-25-21-18-16-19-22-25/h16,18-19,21-22,24H,3-15,17,20,23H2,1-2H3. The third kappa shape index (κ3) is 15.9. The molecule has 156 valence electrons. The lowest BCUT2D eigenvalue weighted by atomic mass is 10.0. The molecular weight excluding hydrogens is 332 g/mol. The predicted octanol–water partition coefficient (Wildman–Crippen LogP) is 8.39. The molecule has 1 rings (SSSR count). The van der Waals surface area contributed by atoms with Crippen LogP contribution in [0.5, 0.6) is 0 Å². The maximum Gasteiger partial charge on any atom is 0.107 e. The van der Waals surface area contributed by atoms with Gasteiger partial charge in [-0.05, 0) is 18.9 Å². The minimum atomic E-state index is 0.186. The first kappa shape index (κ1) is 24.2. The molecule has 0 saturated heterocycles. The van der Waals surface area contributed by atoms with Gasteiger partial charge in [0.2, 0.25) is 0 Å². The van der Waals surface area contributed by atoms with Crippen molar-refractivity contribution in [1.82, 2.24) is 0 Å². The Balaban J connectivity index is 1.77. The Hall–Kier alpha value is -0.860. The second-order valence-electron chi connectivity index (χ2n) is 8.04. The highest BCUT2D eigenvalue weighted by molar-refractivity contribution is 5.13. The van der Waals surface area contributed by atoms with Crippen LogP contribution < -0.4 is 0 Å². The Bertz CT molecular complexity index is 404. The predicted molar refractivity (Wildman–Crippen MR) is 117 cm³/mol. The van der Waals surface area contributed by atoms with E-state index in [2.05, 4.69) is 26.0 Å². The molecule has 1 aromatic rings. The Kier molecular flexibility index (Phi) is 16.6. The fourth-order valence-electron chi connectivity index (χ4n) is 3.47. The van der Waals surface area contributed by atoms with E-state index in [-0.39, 0.29) is 6.10 Å². The topological polar surface area (TPSA) is 18.5 Å². The monoisotopic (exact) mass is 376 g/mol. The number of rotatable bonds is 19. The molecule has 0 spiro atoms. The molecule has 2 heteroatoms. The normalized spacial score (nSPS) is 12.4. The van der Waals surface area contributed by atoms with E-state index in [1.54, 1.807) is 0 Å². The van der Waals surface area contributed by atoms with Crippen LogP contribution in [0.3, 0.4) is 0 Å². The van der Waals surface area contributed by atoms with Gasteiger partial charge in [0.25, 0.3) is 0 Å². The molecule has 0 aromatic heterocycles. The molecule has 1 unspecified atom stereocenters. The highest BCUT2D eigenvalue weighted by atomic mass is 17.2. The Morgan fingerprint density at radius 2 is 1.15 bits per heavy atom. The van der Waals surface area contributed by atoms with E-state index in [1.165, 1.54) is 89.9 Å². The van der Waals surface area contributed by atoms with Gasteiger partial charge >= 0.3 is 0 Å². The summed E-state index contributed by atoms with van der Waals surface area (Å²) in [7, 11) is 0. The van der Waals surface area contributed by atoms with Gasteiger partial charge in [0, 0.05) is 0 Å². The van der Waals surface area contributed by atoms with Gasteiger partial charge in [-0.25, -0.2) is 9.78 Å². The number of benzene rings is 1. The van der Waals surface area contributed by atoms with Crippen LogP contribution in [-0.4, -0.2) is 6.10 Å². The Labute approximate surface area is 169 Å². The molecule has 0 saturated carbocycles. The lowest BCUT2D eigenvalue weighted by molar-refractivity contribution is -0.330. The molecule has 0 bridgehead atoms. The summed E-state index contributed by atoms with van der Waals surface area (Å²) in [5.74, 6) is 0. The van der Waals surface area contributed by atoms with Crippen molar-refractivity contribution in [3.8, 4) is 0 Å². The highest BCUT2D eigenvalue weighted by Crippen LogP contribution is 2.14. The van der Waals surface area contributed by atoms with Crippen LogP contribution in [-0.2, 0) is 16.4 Å². The van der Waals surface area contributed by atoms with Crippen molar-refractivity contribution in [1.29, 1.82) is 0 Å². The van der Waals surface area contributed by atoms with Crippen LogP contribution in [0.4, 0.5) is 0 Å². The molecule has 0 radical (unpaired) electrons. The summed E-state index contributed by atoms with van der Waals surface area (Å²) in [6.45, 7) is 4.92. The zero-order valence-corrected chi connectivity index (χ0v) is 18.1. The lowest BCUT2D eigenvalue weighted by Crippen LogP contribution is -2.08.